The van der Waals surface area contributed by atoms with E-state index in [0.717, 1.165) is 6.07 Å². The third-order valence-corrected chi connectivity index (χ3v) is 5.01. The van der Waals surface area contributed by atoms with Crippen molar-refractivity contribution in [3.8, 4) is 0 Å². The van der Waals surface area contributed by atoms with Crippen LogP contribution >= 0.6 is 11.6 Å². The van der Waals surface area contributed by atoms with E-state index < -0.39 is 23.9 Å². The van der Waals surface area contributed by atoms with Gasteiger partial charge in [0.05, 0.1) is 5.02 Å². The SMILES string of the molecule is NC1=N[C@@](CF)(c2cc(NC(=O)c3ccc(Cl)cn3)ccc2F)[C@@H]2C[C@@H]2O1. The summed E-state index contributed by atoms with van der Waals surface area (Å²) in [6.45, 7) is -0.925. The number of amidine groups is 1. The number of amides is 1. The number of aromatic nitrogens is 1. The number of halogens is 3. The molecular formula is C18H15ClF2N4O2. The molecule has 1 saturated carbocycles. The number of hydrogen-bond acceptors (Lipinski definition) is 5. The summed E-state index contributed by atoms with van der Waals surface area (Å²) < 4.78 is 33.9. The molecule has 0 spiro atoms. The fourth-order valence-electron chi connectivity index (χ4n) is 3.37. The fraction of sp³-hybridized carbons (Fsp3) is 0.278. The zero-order valence-corrected chi connectivity index (χ0v) is 14.7. The molecular weight excluding hydrogens is 378 g/mol. The first-order chi connectivity index (χ1) is 12.9. The van der Waals surface area contributed by atoms with Gasteiger partial charge in [0.2, 0.25) is 0 Å². The maximum atomic E-state index is 14.6. The van der Waals surface area contributed by atoms with Crippen molar-refractivity contribution in [3.63, 3.8) is 0 Å². The number of nitrogens with zero attached hydrogens (tertiary/aromatic N) is 2. The molecule has 1 amide bonds. The van der Waals surface area contributed by atoms with Crippen LogP contribution in [0.15, 0.2) is 41.5 Å². The van der Waals surface area contributed by atoms with E-state index in [1.807, 2.05) is 0 Å². The standard InChI is InChI=1S/C18H15ClF2N4O2/c19-9-1-4-14(23-7-9)16(26)24-10-2-3-13(21)11(5-10)18(8-20)12-6-15(12)27-17(22)25-18/h1-5,7,12,15H,6,8H2,(H2,22,25)(H,24,26)/t12-,15+,18+/m1/s1. The van der Waals surface area contributed by atoms with E-state index in [9.17, 15) is 13.6 Å². The van der Waals surface area contributed by atoms with Crippen molar-refractivity contribution >= 4 is 29.2 Å². The molecule has 6 nitrogen and oxygen atoms in total. The van der Waals surface area contributed by atoms with E-state index in [-0.39, 0.29) is 29.3 Å². The lowest BCUT2D eigenvalue weighted by Crippen LogP contribution is -2.39. The smallest absolute Gasteiger partial charge is 0.283 e. The Morgan fingerprint density at radius 3 is 2.93 bits per heavy atom. The third kappa shape index (κ3) is 3.10. The predicted molar refractivity (Wildman–Crippen MR) is 95.9 cm³/mol. The van der Waals surface area contributed by atoms with E-state index >= 15 is 0 Å². The first-order valence-electron chi connectivity index (χ1n) is 8.24. The van der Waals surface area contributed by atoms with E-state index in [4.69, 9.17) is 22.1 Å². The summed E-state index contributed by atoms with van der Waals surface area (Å²) in [5.41, 5.74) is 4.66. The van der Waals surface area contributed by atoms with Crippen LogP contribution in [0.25, 0.3) is 0 Å². The van der Waals surface area contributed by atoms with Crippen LogP contribution in [0.5, 0.6) is 0 Å². The first kappa shape index (κ1) is 17.7. The van der Waals surface area contributed by atoms with Gasteiger partial charge >= 0.3 is 0 Å². The maximum Gasteiger partial charge on any atom is 0.283 e. The summed E-state index contributed by atoms with van der Waals surface area (Å²) in [7, 11) is 0. The quantitative estimate of drug-likeness (QED) is 0.837. The van der Waals surface area contributed by atoms with E-state index in [0.29, 0.717) is 17.1 Å². The molecule has 0 saturated heterocycles. The second-order valence-corrected chi connectivity index (χ2v) is 6.95. The number of carbonyl (C=O) groups is 1. The minimum atomic E-state index is -1.45. The molecule has 0 bridgehead atoms. The van der Waals surface area contributed by atoms with Gasteiger partial charge in [-0.05, 0) is 36.8 Å². The summed E-state index contributed by atoms with van der Waals surface area (Å²) in [5.74, 6) is -1.43. The number of rotatable bonds is 4. The minimum Gasteiger partial charge on any atom is -0.462 e. The number of aliphatic imine (C=N–C) groups is 1. The van der Waals surface area contributed by atoms with Gasteiger partial charge in [0.1, 0.15) is 29.8 Å². The zero-order valence-electron chi connectivity index (χ0n) is 14.0. The van der Waals surface area contributed by atoms with Crippen molar-refractivity contribution in [3.05, 3.63) is 58.6 Å². The van der Waals surface area contributed by atoms with Crippen LogP contribution in [-0.4, -0.2) is 29.7 Å². The Labute approximate surface area is 158 Å². The molecule has 1 aromatic carbocycles. The third-order valence-electron chi connectivity index (χ3n) is 4.78. The number of hydrogen-bond donors (Lipinski definition) is 2. The summed E-state index contributed by atoms with van der Waals surface area (Å²) in [6, 6.07) is 6.75. The normalized spacial score (nSPS) is 25.8. The molecule has 1 aromatic heterocycles. The average Bonchev–Trinajstić information content (AvgIpc) is 3.43. The number of benzene rings is 1. The van der Waals surface area contributed by atoms with Gasteiger partial charge in [0, 0.05) is 23.4 Å². The number of anilines is 1. The Kier molecular flexibility index (Phi) is 4.22. The molecule has 1 aliphatic heterocycles. The van der Waals surface area contributed by atoms with Crippen LogP contribution < -0.4 is 11.1 Å². The number of carbonyl (C=O) groups excluding carboxylic acids is 1. The highest BCUT2D eigenvalue weighted by atomic mass is 35.5. The number of pyridine rings is 1. The minimum absolute atomic E-state index is 0.0330. The lowest BCUT2D eigenvalue weighted by atomic mass is 9.85. The molecule has 9 heteroatoms. The van der Waals surface area contributed by atoms with Gasteiger partial charge in [-0.15, -0.1) is 0 Å². The molecule has 2 heterocycles. The van der Waals surface area contributed by atoms with E-state index in [2.05, 4.69) is 15.3 Å². The number of nitrogens with one attached hydrogen (secondary N) is 1. The highest BCUT2D eigenvalue weighted by Crippen LogP contribution is 2.53. The van der Waals surface area contributed by atoms with Crippen molar-refractivity contribution in [2.75, 3.05) is 12.0 Å². The highest BCUT2D eigenvalue weighted by molar-refractivity contribution is 6.30. The summed E-state index contributed by atoms with van der Waals surface area (Å²) in [5, 5.41) is 3.02. The Morgan fingerprint density at radius 1 is 1.41 bits per heavy atom. The van der Waals surface area contributed by atoms with Crippen molar-refractivity contribution in [2.45, 2.75) is 18.1 Å². The molecule has 0 radical (unpaired) electrons. The van der Waals surface area contributed by atoms with Gasteiger partial charge in [-0.3, -0.25) is 4.79 Å². The van der Waals surface area contributed by atoms with Crippen LogP contribution in [0.4, 0.5) is 14.5 Å². The first-order valence-corrected chi connectivity index (χ1v) is 8.61. The molecule has 0 unspecified atom stereocenters. The van der Waals surface area contributed by atoms with Gasteiger partial charge < -0.3 is 15.8 Å². The predicted octanol–water partition coefficient (Wildman–Crippen LogP) is 3.02. The van der Waals surface area contributed by atoms with E-state index in [1.165, 1.54) is 30.5 Å². The topological polar surface area (TPSA) is 89.6 Å². The molecule has 3 atom stereocenters. The number of alkyl halides is 1. The molecule has 2 aromatic rings. The van der Waals surface area contributed by atoms with E-state index in [1.54, 1.807) is 0 Å². The average molecular weight is 393 g/mol. The lowest BCUT2D eigenvalue weighted by Gasteiger charge is -2.31. The molecule has 1 aliphatic carbocycles. The van der Waals surface area contributed by atoms with Crippen molar-refractivity contribution in [1.29, 1.82) is 0 Å². The fourth-order valence-corrected chi connectivity index (χ4v) is 3.48. The highest BCUT2D eigenvalue weighted by Gasteiger charge is 2.60. The van der Waals surface area contributed by atoms with Gasteiger partial charge in [0.15, 0.2) is 0 Å². The van der Waals surface area contributed by atoms with Gasteiger partial charge in [-0.2, -0.15) is 0 Å². The summed E-state index contributed by atoms with van der Waals surface area (Å²) in [4.78, 5) is 20.3. The van der Waals surface area contributed by atoms with Crippen LogP contribution in [0, 0.1) is 11.7 Å². The molecule has 27 heavy (non-hydrogen) atoms. The Bertz CT molecular complexity index is 937. The van der Waals surface area contributed by atoms with Crippen LogP contribution in [0.2, 0.25) is 5.02 Å². The summed E-state index contributed by atoms with van der Waals surface area (Å²) in [6.07, 6.45) is 1.62. The molecule has 4 rings (SSSR count). The van der Waals surface area contributed by atoms with Crippen molar-refractivity contribution < 1.29 is 18.3 Å². The zero-order chi connectivity index (χ0) is 19.2. The maximum absolute atomic E-state index is 14.6. The number of fused-ring (bicyclic) bond motifs is 1. The Morgan fingerprint density at radius 2 is 2.22 bits per heavy atom. The van der Waals surface area contributed by atoms with Crippen LogP contribution in [0.1, 0.15) is 22.5 Å². The van der Waals surface area contributed by atoms with Gasteiger partial charge in [-0.25, -0.2) is 18.8 Å². The molecule has 140 valence electrons. The van der Waals surface area contributed by atoms with Crippen molar-refractivity contribution in [1.82, 2.24) is 4.98 Å². The monoisotopic (exact) mass is 392 g/mol. The van der Waals surface area contributed by atoms with Gasteiger partial charge in [-0.1, -0.05) is 11.6 Å². The lowest BCUT2D eigenvalue weighted by molar-refractivity contribution is 0.102. The molecule has 1 fully saturated rings. The Balaban J connectivity index is 1.66. The number of nitrogens with two attached hydrogens (primary N) is 1. The number of ether oxygens (including phenoxy) is 1. The van der Waals surface area contributed by atoms with Crippen LogP contribution in [0.3, 0.4) is 0 Å². The summed E-state index contributed by atoms with van der Waals surface area (Å²) >= 11 is 5.76. The molecule has 2 aliphatic rings. The molecule has 3 N–H and O–H groups in total. The van der Waals surface area contributed by atoms with Crippen LogP contribution in [-0.2, 0) is 10.3 Å². The van der Waals surface area contributed by atoms with Gasteiger partial charge in [0.25, 0.3) is 11.9 Å². The second-order valence-electron chi connectivity index (χ2n) is 6.52. The van der Waals surface area contributed by atoms with Crippen molar-refractivity contribution in [2.24, 2.45) is 16.6 Å². The largest absolute Gasteiger partial charge is 0.462 e. The Hall–Kier alpha value is -2.74. The second kappa shape index (κ2) is 6.45.